The van der Waals surface area contributed by atoms with Crippen LogP contribution in [0.25, 0.3) is 0 Å². The Morgan fingerprint density at radius 3 is 2.57 bits per heavy atom. The van der Waals surface area contributed by atoms with E-state index < -0.39 is 9.84 Å². The van der Waals surface area contributed by atoms with Gasteiger partial charge in [-0.2, -0.15) is 0 Å². The second-order valence-electron chi connectivity index (χ2n) is 7.75. The minimum atomic E-state index is -3.66. The highest BCUT2D eigenvalue weighted by molar-refractivity contribution is 7.99. The van der Waals surface area contributed by atoms with Crippen LogP contribution in [0.2, 0.25) is 0 Å². The van der Waals surface area contributed by atoms with Crippen molar-refractivity contribution in [3.8, 4) is 0 Å². The molecule has 2 N–H and O–H groups in total. The Labute approximate surface area is 181 Å². The van der Waals surface area contributed by atoms with Crippen LogP contribution >= 0.6 is 11.8 Å². The highest BCUT2D eigenvalue weighted by Gasteiger charge is 2.23. The number of fused-ring (bicyclic) bond motifs is 1. The molecule has 0 radical (unpaired) electrons. The summed E-state index contributed by atoms with van der Waals surface area (Å²) in [6.07, 6.45) is -0.149. The number of rotatable bonds is 6. The second-order valence-corrected chi connectivity index (χ2v) is 10.9. The van der Waals surface area contributed by atoms with E-state index in [0.717, 1.165) is 4.90 Å². The minimum Gasteiger partial charge on any atom is -0.326 e. The van der Waals surface area contributed by atoms with E-state index in [4.69, 9.17) is 0 Å². The molecule has 1 aliphatic heterocycles. The summed E-state index contributed by atoms with van der Waals surface area (Å²) in [6.45, 7) is 6.01. The van der Waals surface area contributed by atoms with Gasteiger partial charge in [-0.05, 0) is 41.8 Å². The number of nitrogens with one attached hydrogen (secondary N) is 2. The number of sulfone groups is 1. The molecule has 8 heteroatoms. The van der Waals surface area contributed by atoms with Crippen LogP contribution in [-0.4, -0.2) is 31.7 Å². The lowest BCUT2D eigenvalue weighted by Gasteiger charge is -2.11. The number of anilines is 2. The Kier molecular flexibility index (Phi) is 6.88. The molecule has 3 rings (SSSR count). The zero-order valence-electron chi connectivity index (χ0n) is 17.3. The Bertz CT molecular complexity index is 1050. The maximum Gasteiger partial charge on any atom is 0.228 e. The highest BCUT2D eigenvalue weighted by Crippen LogP contribution is 2.34. The smallest absolute Gasteiger partial charge is 0.228 e. The molecule has 30 heavy (non-hydrogen) atoms. The number of carbonyl (C=O) groups is 2. The summed E-state index contributed by atoms with van der Waals surface area (Å²) in [5.41, 5.74) is 2.31. The van der Waals surface area contributed by atoms with Crippen molar-refractivity contribution in [1.82, 2.24) is 0 Å². The standard InChI is InChI=1S/C22H26N2O4S2/c1-14(2)16-4-6-17(7-5-16)23-21(25)10-11-30(27,28)18-8-9-20-19(12-18)24-22(26)15(3)13-29-20/h4-9,12,14-15H,10-11,13H2,1-3H3,(H,23,25)(H,24,26). The highest BCUT2D eigenvalue weighted by atomic mass is 32.2. The van der Waals surface area contributed by atoms with Crippen LogP contribution in [0.15, 0.2) is 52.3 Å². The quantitative estimate of drug-likeness (QED) is 0.690. The summed E-state index contributed by atoms with van der Waals surface area (Å²) in [6, 6.07) is 12.2. The summed E-state index contributed by atoms with van der Waals surface area (Å²) < 4.78 is 25.5. The molecule has 2 amide bonds. The molecular weight excluding hydrogens is 420 g/mol. The average molecular weight is 447 g/mol. The third-order valence-electron chi connectivity index (χ3n) is 4.96. The first-order chi connectivity index (χ1) is 14.2. The fraction of sp³-hybridized carbons (Fsp3) is 0.364. The van der Waals surface area contributed by atoms with E-state index in [0.29, 0.717) is 23.0 Å². The first kappa shape index (κ1) is 22.4. The van der Waals surface area contributed by atoms with Crippen LogP contribution in [-0.2, 0) is 19.4 Å². The molecule has 0 bridgehead atoms. The lowest BCUT2D eigenvalue weighted by molar-refractivity contribution is -0.118. The normalized spacial score (nSPS) is 16.5. The third kappa shape index (κ3) is 5.43. The molecule has 6 nitrogen and oxygen atoms in total. The van der Waals surface area contributed by atoms with Gasteiger partial charge in [-0.3, -0.25) is 9.59 Å². The molecular formula is C22H26N2O4S2. The lowest BCUT2D eigenvalue weighted by Crippen LogP contribution is -2.20. The summed E-state index contributed by atoms with van der Waals surface area (Å²) in [4.78, 5) is 25.2. The molecule has 2 aromatic rings. The molecule has 1 heterocycles. The van der Waals surface area contributed by atoms with E-state index in [2.05, 4.69) is 24.5 Å². The minimum absolute atomic E-state index is 0.103. The third-order valence-corrected chi connectivity index (χ3v) is 8.01. The molecule has 1 aliphatic rings. The van der Waals surface area contributed by atoms with Gasteiger partial charge in [0.25, 0.3) is 0 Å². The fourth-order valence-corrected chi connectivity index (χ4v) is 5.27. The molecule has 1 unspecified atom stereocenters. The van der Waals surface area contributed by atoms with Gasteiger partial charge in [0.15, 0.2) is 9.84 Å². The van der Waals surface area contributed by atoms with E-state index in [1.54, 1.807) is 6.07 Å². The van der Waals surface area contributed by atoms with Gasteiger partial charge in [0.05, 0.1) is 16.3 Å². The number of benzene rings is 2. The predicted molar refractivity (Wildman–Crippen MR) is 121 cm³/mol. The summed E-state index contributed by atoms with van der Waals surface area (Å²) in [7, 11) is -3.66. The first-order valence-electron chi connectivity index (χ1n) is 9.86. The Hall–Kier alpha value is -2.32. The van der Waals surface area contributed by atoms with Crippen molar-refractivity contribution < 1.29 is 18.0 Å². The van der Waals surface area contributed by atoms with Crippen LogP contribution in [0, 0.1) is 5.92 Å². The van der Waals surface area contributed by atoms with Crippen molar-refractivity contribution in [3.05, 3.63) is 48.0 Å². The van der Waals surface area contributed by atoms with Gasteiger partial charge in [-0.1, -0.05) is 32.9 Å². The molecule has 0 spiro atoms. The van der Waals surface area contributed by atoms with Gasteiger partial charge in [-0.15, -0.1) is 11.8 Å². The van der Waals surface area contributed by atoms with E-state index in [-0.39, 0.29) is 34.8 Å². The summed E-state index contributed by atoms with van der Waals surface area (Å²) >= 11 is 1.52. The molecule has 2 aromatic carbocycles. The van der Waals surface area contributed by atoms with Crippen molar-refractivity contribution in [1.29, 1.82) is 0 Å². The zero-order valence-corrected chi connectivity index (χ0v) is 18.9. The summed E-state index contributed by atoms with van der Waals surface area (Å²) in [5.74, 6) is 0.0950. The molecule has 1 atom stereocenters. The number of thioether (sulfide) groups is 1. The Morgan fingerprint density at radius 2 is 1.90 bits per heavy atom. The number of hydrogen-bond acceptors (Lipinski definition) is 5. The first-order valence-corrected chi connectivity index (χ1v) is 12.5. The monoisotopic (exact) mass is 446 g/mol. The van der Waals surface area contributed by atoms with Crippen LogP contribution in [0.3, 0.4) is 0 Å². The molecule has 0 aromatic heterocycles. The predicted octanol–water partition coefficient (Wildman–Crippen LogP) is 4.29. The van der Waals surface area contributed by atoms with Crippen molar-refractivity contribution in [2.75, 3.05) is 22.1 Å². The molecule has 0 aliphatic carbocycles. The molecule has 0 saturated carbocycles. The summed E-state index contributed by atoms with van der Waals surface area (Å²) in [5, 5.41) is 5.53. The number of amides is 2. The van der Waals surface area contributed by atoms with Crippen molar-refractivity contribution in [2.24, 2.45) is 5.92 Å². The molecule has 160 valence electrons. The average Bonchev–Trinajstić information content (AvgIpc) is 2.85. The number of carbonyl (C=O) groups excluding carboxylic acids is 2. The largest absolute Gasteiger partial charge is 0.326 e. The zero-order chi connectivity index (χ0) is 21.9. The maximum absolute atomic E-state index is 12.7. The Balaban J connectivity index is 1.64. The van der Waals surface area contributed by atoms with Gasteiger partial charge in [0.2, 0.25) is 11.8 Å². The van der Waals surface area contributed by atoms with Crippen molar-refractivity contribution in [2.45, 2.75) is 42.9 Å². The van der Waals surface area contributed by atoms with Gasteiger partial charge in [0, 0.05) is 28.7 Å². The van der Waals surface area contributed by atoms with E-state index in [1.807, 2.05) is 31.2 Å². The van der Waals surface area contributed by atoms with E-state index in [1.165, 1.54) is 29.5 Å². The van der Waals surface area contributed by atoms with Crippen molar-refractivity contribution >= 4 is 44.8 Å². The van der Waals surface area contributed by atoms with Crippen molar-refractivity contribution in [3.63, 3.8) is 0 Å². The molecule has 0 saturated heterocycles. The second kappa shape index (κ2) is 9.22. The Morgan fingerprint density at radius 1 is 1.20 bits per heavy atom. The number of hydrogen-bond donors (Lipinski definition) is 2. The van der Waals surface area contributed by atoms with E-state index >= 15 is 0 Å². The molecule has 0 fully saturated rings. The van der Waals surface area contributed by atoms with Gasteiger partial charge >= 0.3 is 0 Å². The SMILES string of the molecule is CC1CSc2ccc(S(=O)(=O)CCC(=O)Nc3ccc(C(C)C)cc3)cc2NC1=O. The van der Waals surface area contributed by atoms with Crippen LogP contribution < -0.4 is 10.6 Å². The van der Waals surface area contributed by atoms with Crippen LogP contribution in [0.5, 0.6) is 0 Å². The van der Waals surface area contributed by atoms with Crippen LogP contribution in [0.1, 0.15) is 38.7 Å². The fourth-order valence-electron chi connectivity index (χ4n) is 2.99. The van der Waals surface area contributed by atoms with Crippen LogP contribution in [0.4, 0.5) is 11.4 Å². The lowest BCUT2D eigenvalue weighted by atomic mass is 10.0. The maximum atomic E-state index is 12.7. The van der Waals surface area contributed by atoms with Gasteiger partial charge in [-0.25, -0.2) is 8.42 Å². The van der Waals surface area contributed by atoms with E-state index in [9.17, 15) is 18.0 Å². The topological polar surface area (TPSA) is 92.3 Å². The van der Waals surface area contributed by atoms with Gasteiger partial charge in [0.1, 0.15) is 0 Å². The van der Waals surface area contributed by atoms with Gasteiger partial charge < -0.3 is 10.6 Å².